The molecule has 2 heterocycles. The number of nitrogens with zero attached hydrogens (tertiary/aromatic N) is 2. The van der Waals surface area contributed by atoms with Gasteiger partial charge in [-0.25, -0.2) is 9.97 Å². The second kappa shape index (κ2) is 6.44. The molecule has 4 nitrogen and oxygen atoms in total. The maximum absolute atomic E-state index is 6.07. The molecular formula is C19H27N3O. The Morgan fingerprint density at radius 3 is 2.57 bits per heavy atom. The summed E-state index contributed by atoms with van der Waals surface area (Å²) in [5.74, 6) is 1.40. The van der Waals surface area contributed by atoms with Gasteiger partial charge in [0.2, 0.25) is 0 Å². The lowest BCUT2D eigenvalue weighted by Crippen LogP contribution is -2.42. The number of nitrogens with one attached hydrogen (secondary N) is 1. The number of hydrogen-bond donors (Lipinski definition) is 1. The smallest absolute Gasteiger partial charge is 0.148 e. The zero-order chi connectivity index (χ0) is 16.4. The first kappa shape index (κ1) is 16.2. The van der Waals surface area contributed by atoms with E-state index in [1.165, 1.54) is 6.42 Å². The molecule has 1 aromatic carbocycles. The first-order chi connectivity index (χ1) is 10.9. The van der Waals surface area contributed by atoms with Gasteiger partial charge >= 0.3 is 0 Å². The lowest BCUT2D eigenvalue weighted by atomic mass is 9.78. The van der Waals surface area contributed by atoms with Crippen molar-refractivity contribution in [2.45, 2.75) is 46.6 Å². The Morgan fingerprint density at radius 2 is 1.87 bits per heavy atom. The topological polar surface area (TPSA) is 47.0 Å². The first-order valence-corrected chi connectivity index (χ1v) is 8.54. The van der Waals surface area contributed by atoms with Crippen LogP contribution in [0.15, 0.2) is 24.3 Å². The van der Waals surface area contributed by atoms with Gasteiger partial charge in [0.25, 0.3) is 0 Å². The molecule has 1 aromatic heterocycles. The Morgan fingerprint density at radius 1 is 1.17 bits per heavy atom. The predicted octanol–water partition coefficient (Wildman–Crippen LogP) is 4.19. The van der Waals surface area contributed by atoms with Crippen molar-refractivity contribution in [3.63, 3.8) is 0 Å². The van der Waals surface area contributed by atoms with Gasteiger partial charge in [0.15, 0.2) is 0 Å². The third-order valence-electron chi connectivity index (χ3n) is 4.57. The van der Waals surface area contributed by atoms with E-state index < -0.39 is 0 Å². The van der Waals surface area contributed by atoms with Crippen LogP contribution in [-0.2, 0) is 4.74 Å². The second-order valence-electron chi connectivity index (χ2n) is 7.59. The molecule has 4 heteroatoms. The fourth-order valence-electron chi connectivity index (χ4n) is 3.49. The number of benzene rings is 1. The maximum Gasteiger partial charge on any atom is 0.148 e. The zero-order valence-electron chi connectivity index (χ0n) is 14.6. The van der Waals surface area contributed by atoms with Crippen LogP contribution in [0.1, 0.15) is 39.3 Å². The molecule has 0 unspecified atom stereocenters. The van der Waals surface area contributed by atoms with Crippen molar-refractivity contribution in [2.75, 3.05) is 18.5 Å². The summed E-state index contributed by atoms with van der Waals surface area (Å²) in [6.45, 7) is 10.6. The largest absolute Gasteiger partial charge is 0.377 e. The summed E-state index contributed by atoms with van der Waals surface area (Å²) in [7, 11) is 0. The van der Waals surface area contributed by atoms with Crippen molar-refractivity contribution in [1.29, 1.82) is 0 Å². The minimum Gasteiger partial charge on any atom is -0.377 e. The molecule has 0 aliphatic carbocycles. The van der Waals surface area contributed by atoms with Gasteiger partial charge in [0.1, 0.15) is 5.82 Å². The van der Waals surface area contributed by atoms with E-state index in [0.29, 0.717) is 5.92 Å². The van der Waals surface area contributed by atoms with Crippen molar-refractivity contribution in [3.05, 3.63) is 30.0 Å². The van der Waals surface area contributed by atoms with E-state index in [1.807, 2.05) is 31.2 Å². The number of para-hydroxylation sites is 2. The van der Waals surface area contributed by atoms with Crippen LogP contribution < -0.4 is 5.32 Å². The number of anilines is 1. The fourth-order valence-corrected chi connectivity index (χ4v) is 3.49. The molecule has 2 aromatic rings. The molecule has 1 N–H and O–H groups in total. The summed E-state index contributed by atoms with van der Waals surface area (Å²) in [4.78, 5) is 9.38. The van der Waals surface area contributed by atoms with Crippen LogP contribution in [0, 0.1) is 18.3 Å². The third-order valence-corrected chi connectivity index (χ3v) is 4.57. The molecule has 1 fully saturated rings. The minimum atomic E-state index is 0.164. The Kier molecular flexibility index (Phi) is 4.53. The van der Waals surface area contributed by atoms with Gasteiger partial charge in [-0.2, -0.15) is 0 Å². The average molecular weight is 313 g/mol. The van der Waals surface area contributed by atoms with Gasteiger partial charge in [-0.3, -0.25) is 0 Å². The van der Waals surface area contributed by atoms with Crippen LogP contribution in [0.3, 0.4) is 0 Å². The Balaban J connectivity index is 1.75. The summed E-state index contributed by atoms with van der Waals surface area (Å²) in [6, 6.07) is 8.01. The number of hydrogen-bond acceptors (Lipinski definition) is 4. The summed E-state index contributed by atoms with van der Waals surface area (Å²) >= 11 is 0. The van der Waals surface area contributed by atoms with Crippen molar-refractivity contribution in [3.8, 4) is 0 Å². The monoisotopic (exact) mass is 313 g/mol. The minimum absolute atomic E-state index is 0.164. The molecule has 0 radical (unpaired) electrons. The summed E-state index contributed by atoms with van der Waals surface area (Å²) < 4.78 is 6.07. The highest BCUT2D eigenvalue weighted by Gasteiger charge is 2.35. The average Bonchev–Trinajstić information content (AvgIpc) is 2.52. The molecule has 1 aliphatic heterocycles. The molecular weight excluding hydrogens is 286 g/mol. The predicted molar refractivity (Wildman–Crippen MR) is 94.7 cm³/mol. The van der Waals surface area contributed by atoms with E-state index in [-0.39, 0.29) is 11.5 Å². The van der Waals surface area contributed by atoms with E-state index in [2.05, 4.69) is 31.1 Å². The molecule has 0 bridgehead atoms. The maximum atomic E-state index is 6.07. The second-order valence-corrected chi connectivity index (χ2v) is 7.59. The van der Waals surface area contributed by atoms with Gasteiger partial charge in [0.05, 0.1) is 22.8 Å². The van der Waals surface area contributed by atoms with Crippen LogP contribution in [0.4, 0.5) is 5.82 Å². The van der Waals surface area contributed by atoms with E-state index in [9.17, 15) is 0 Å². The number of ether oxygens (including phenoxy) is 1. The van der Waals surface area contributed by atoms with E-state index in [0.717, 1.165) is 42.1 Å². The van der Waals surface area contributed by atoms with Gasteiger partial charge < -0.3 is 10.1 Å². The summed E-state index contributed by atoms with van der Waals surface area (Å²) in [6.07, 6.45) is 2.63. The molecule has 1 saturated heterocycles. The highest BCUT2D eigenvalue weighted by Crippen LogP contribution is 2.34. The van der Waals surface area contributed by atoms with Gasteiger partial charge in [-0.1, -0.05) is 32.9 Å². The number of aryl methyl sites for hydroxylation is 1. The highest BCUT2D eigenvalue weighted by atomic mass is 16.5. The van der Waals surface area contributed by atoms with Crippen molar-refractivity contribution >= 4 is 16.9 Å². The normalized spacial score (nSPS) is 22.3. The van der Waals surface area contributed by atoms with Gasteiger partial charge in [0, 0.05) is 19.1 Å². The van der Waals surface area contributed by atoms with Gasteiger partial charge in [-0.05, 0) is 37.3 Å². The van der Waals surface area contributed by atoms with Gasteiger partial charge in [-0.15, -0.1) is 0 Å². The van der Waals surface area contributed by atoms with Crippen LogP contribution in [0.25, 0.3) is 11.0 Å². The zero-order valence-corrected chi connectivity index (χ0v) is 14.6. The van der Waals surface area contributed by atoms with Crippen LogP contribution in [-0.4, -0.2) is 29.2 Å². The van der Waals surface area contributed by atoms with E-state index in [1.54, 1.807) is 0 Å². The summed E-state index contributed by atoms with van der Waals surface area (Å²) in [5, 5.41) is 3.52. The number of rotatable bonds is 3. The quantitative estimate of drug-likeness (QED) is 0.923. The van der Waals surface area contributed by atoms with E-state index in [4.69, 9.17) is 9.72 Å². The fraction of sp³-hybridized carbons (Fsp3) is 0.579. The lowest BCUT2D eigenvalue weighted by molar-refractivity contribution is -0.0814. The molecule has 3 rings (SSSR count). The first-order valence-electron chi connectivity index (χ1n) is 8.54. The van der Waals surface area contributed by atoms with Crippen molar-refractivity contribution in [2.24, 2.45) is 11.3 Å². The highest BCUT2D eigenvalue weighted by molar-refractivity contribution is 5.76. The molecule has 23 heavy (non-hydrogen) atoms. The molecule has 124 valence electrons. The number of aromatic nitrogens is 2. The Labute approximate surface area is 138 Å². The molecule has 0 amide bonds. The standard InChI is InChI=1S/C19H27N3O/c1-13-18(22-16-10-6-5-9-15(16)21-13)20-12-14-8-7-11-23-17(14)19(2,3)4/h5-6,9-10,14,17H,7-8,11-12H2,1-4H3,(H,20,22)/t14-,17-/m1/s1. The molecule has 2 atom stereocenters. The van der Waals surface area contributed by atoms with Crippen LogP contribution in [0.2, 0.25) is 0 Å². The number of fused-ring (bicyclic) bond motifs is 1. The van der Waals surface area contributed by atoms with Crippen LogP contribution in [0.5, 0.6) is 0 Å². The molecule has 0 saturated carbocycles. The third kappa shape index (κ3) is 3.63. The van der Waals surface area contributed by atoms with Crippen LogP contribution >= 0.6 is 0 Å². The molecule has 1 aliphatic rings. The summed E-state index contributed by atoms with van der Waals surface area (Å²) in [5.41, 5.74) is 3.00. The lowest BCUT2D eigenvalue weighted by Gasteiger charge is -2.40. The van der Waals surface area contributed by atoms with E-state index >= 15 is 0 Å². The SMILES string of the molecule is Cc1nc2ccccc2nc1NC[C@H]1CCCO[C@H]1C(C)(C)C. The molecule has 0 spiro atoms. The Hall–Kier alpha value is -1.68. The Bertz CT molecular complexity index is 678. The van der Waals surface area contributed by atoms with Crippen molar-refractivity contribution < 1.29 is 4.74 Å². The van der Waals surface area contributed by atoms with Crippen molar-refractivity contribution in [1.82, 2.24) is 9.97 Å².